The van der Waals surface area contributed by atoms with Crippen molar-refractivity contribution in [1.82, 2.24) is 15.2 Å². The molecule has 9 heteroatoms. The Hall–Kier alpha value is -3.62. The fraction of sp³-hybridized carbons (Fsp3) is 0.364. The van der Waals surface area contributed by atoms with Crippen molar-refractivity contribution in [2.75, 3.05) is 32.6 Å². The van der Waals surface area contributed by atoms with E-state index in [1.54, 1.807) is 24.4 Å². The normalized spacial score (nSPS) is 10.4. The topological polar surface area (TPSA) is 110 Å². The summed E-state index contributed by atoms with van der Waals surface area (Å²) in [5, 5.41) is 5.39. The highest BCUT2D eigenvalue weighted by molar-refractivity contribution is 5.99. The largest absolute Gasteiger partial charge is 0.493 e. The highest BCUT2D eigenvalue weighted by atomic mass is 16.5. The minimum atomic E-state index is -0.366. The molecular formula is C22H28N4O5. The number of nitrogens with zero attached hydrogens (tertiary/aromatic N) is 2. The predicted molar refractivity (Wildman–Crippen MR) is 116 cm³/mol. The van der Waals surface area contributed by atoms with Crippen LogP contribution in [-0.4, -0.2) is 61.0 Å². The highest BCUT2D eigenvalue weighted by Crippen LogP contribution is 2.28. The summed E-state index contributed by atoms with van der Waals surface area (Å²) in [7, 11) is 2.97. The van der Waals surface area contributed by atoms with Gasteiger partial charge < -0.3 is 25.0 Å². The van der Waals surface area contributed by atoms with Crippen molar-refractivity contribution in [3.05, 3.63) is 47.7 Å². The molecule has 0 saturated carbocycles. The van der Waals surface area contributed by atoms with E-state index >= 15 is 0 Å². The SMILES string of the molecule is COc1cc(C(=O)N(C)CC(=O)Nc2cc(C)ccn2)ccc1OCC(=O)NC(C)C. The van der Waals surface area contributed by atoms with Crippen molar-refractivity contribution in [2.24, 2.45) is 0 Å². The van der Waals surface area contributed by atoms with E-state index in [1.807, 2.05) is 26.8 Å². The van der Waals surface area contributed by atoms with E-state index < -0.39 is 0 Å². The number of pyridine rings is 1. The Balaban J connectivity index is 2.00. The standard InChI is InChI=1S/C22H28N4O5/c1-14(2)24-21(28)13-31-17-7-6-16(11-18(17)30-5)22(29)26(4)12-20(27)25-19-10-15(3)8-9-23-19/h6-11,14H,12-13H2,1-5H3,(H,24,28)(H,23,25,27). The molecule has 2 aromatic rings. The van der Waals surface area contributed by atoms with Crippen LogP contribution in [0.1, 0.15) is 29.8 Å². The molecule has 31 heavy (non-hydrogen) atoms. The number of aryl methyl sites for hydroxylation is 1. The Bertz CT molecular complexity index is 945. The molecule has 1 heterocycles. The molecule has 0 spiro atoms. The van der Waals surface area contributed by atoms with Gasteiger partial charge in [0.1, 0.15) is 5.82 Å². The van der Waals surface area contributed by atoms with Crippen molar-refractivity contribution in [1.29, 1.82) is 0 Å². The lowest BCUT2D eigenvalue weighted by molar-refractivity contribution is -0.123. The number of rotatable bonds is 9. The van der Waals surface area contributed by atoms with Crippen LogP contribution in [0.4, 0.5) is 5.82 Å². The smallest absolute Gasteiger partial charge is 0.258 e. The molecule has 0 aliphatic carbocycles. The Labute approximate surface area is 181 Å². The Morgan fingerprint density at radius 2 is 1.84 bits per heavy atom. The number of hydrogen-bond acceptors (Lipinski definition) is 6. The number of likely N-dealkylation sites (N-methyl/N-ethyl adjacent to an activating group) is 1. The van der Waals surface area contributed by atoms with Gasteiger partial charge in [-0.25, -0.2) is 4.98 Å². The second kappa shape index (κ2) is 11.0. The van der Waals surface area contributed by atoms with Crippen LogP contribution in [0.2, 0.25) is 0 Å². The fourth-order valence-electron chi connectivity index (χ4n) is 2.72. The van der Waals surface area contributed by atoms with Crippen molar-refractivity contribution < 1.29 is 23.9 Å². The zero-order chi connectivity index (χ0) is 23.0. The second-order valence-corrected chi connectivity index (χ2v) is 7.30. The molecule has 0 saturated heterocycles. The van der Waals surface area contributed by atoms with Crippen LogP contribution in [0.5, 0.6) is 11.5 Å². The number of hydrogen-bond donors (Lipinski definition) is 2. The summed E-state index contributed by atoms with van der Waals surface area (Å²) in [5.41, 5.74) is 1.28. The number of carbonyl (C=O) groups excluding carboxylic acids is 3. The van der Waals surface area contributed by atoms with Gasteiger partial charge in [-0.3, -0.25) is 14.4 Å². The number of ether oxygens (including phenoxy) is 2. The van der Waals surface area contributed by atoms with Gasteiger partial charge >= 0.3 is 0 Å². The van der Waals surface area contributed by atoms with Gasteiger partial charge in [0.2, 0.25) is 5.91 Å². The van der Waals surface area contributed by atoms with E-state index in [0.717, 1.165) is 5.56 Å². The zero-order valence-corrected chi connectivity index (χ0v) is 18.4. The molecule has 3 amide bonds. The minimum absolute atomic E-state index is 0.00688. The summed E-state index contributed by atoms with van der Waals surface area (Å²) in [6, 6.07) is 8.19. The molecule has 0 atom stereocenters. The van der Waals surface area contributed by atoms with Crippen LogP contribution in [0.3, 0.4) is 0 Å². The number of amides is 3. The second-order valence-electron chi connectivity index (χ2n) is 7.30. The third kappa shape index (κ3) is 7.29. The number of anilines is 1. The first-order chi connectivity index (χ1) is 14.7. The Kier molecular flexibility index (Phi) is 8.36. The number of methoxy groups -OCH3 is 1. The number of benzene rings is 1. The lowest BCUT2D eigenvalue weighted by Gasteiger charge is -2.18. The van der Waals surface area contributed by atoms with Gasteiger partial charge in [-0.15, -0.1) is 0 Å². The zero-order valence-electron chi connectivity index (χ0n) is 18.4. The number of nitrogens with one attached hydrogen (secondary N) is 2. The van der Waals surface area contributed by atoms with E-state index in [4.69, 9.17) is 9.47 Å². The molecule has 0 bridgehead atoms. The van der Waals surface area contributed by atoms with E-state index in [9.17, 15) is 14.4 Å². The molecular weight excluding hydrogens is 400 g/mol. The van der Waals surface area contributed by atoms with Crippen molar-refractivity contribution in [3.63, 3.8) is 0 Å². The van der Waals surface area contributed by atoms with Crippen LogP contribution in [0.25, 0.3) is 0 Å². The molecule has 0 fully saturated rings. The minimum Gasteiger partial charge on any atom is -0.493 e. The maximum Gasteiger partial charge on any atom is 0.258 e. The van der Waals surface area contributed by atoms with Gasteiger partial charge in [0.05, 0.1) is 13.7 Å². The molecule has 166 valence electrons. The first kappa shape index (κ1) is 23.7. The van der Waals surface area contributed by atoms with Gasteiger partial charge in [-0.2, -0.15) is 0 Å². The first-order valence-electron chi connectivity index (χ1n) is 9.77. The summed E-state index contributed by atoms with van der Waals surface area (Å²) in [6.45, 7) is 5.28. The Morgan fingerprint density at radius 1 is 1.10 bits per heavy atom. The van der Waals surface area contributed by atoms with Gasteiger partial charge in [-0.1, -0.05) is 0 Å². The third-order valence-electron chi connectivity index (χ3n) is 4.13. The molecule has 9 nitrogen and oxygen atoms in total. The van der Waals surface area contributed by atoms with Crippen LogP contribution < -0.4 is 20.1 Å². The average molecular weight is 428 g/mol. The lowest BCUT2D eigenvalue weighted by Crippen LogP contribution is -2.35. The maximum atomic E-state index is 12.7. The highest BCUT2D eigenvalue weighted by Gasteiger charge is 2.18. The summed E-state index contributed by atoms with van der Waals surface area (Å²) in [6.07, 6.45) is 1.60. The Morgan fingerprint density at radius 3 is 2.48 bits per heavy atom. The molecule has 0 radical (unpaired) electrons. The molecule has 0 unspecified atom stereocenters. The van der Waals surface area contributed by atoms with E-state index in [0.29, 0.717) is 22.9 Å². The summed E-state index contributed by atoms with van der Waals surface area (Å²) >= 11 is 0. The molecule has 0 aliphatic rings. The van der Waals surface area contributed by atoms with Gasteiger partial charge in [-0.05, 0) is 56.7 Å². The van der Waals surface area contributed by atoms with Crippen molar-refractivity contribution in [2.45, 2.75) is 26.8 Å². The van der Waals surface area contributed by atoms with Crippen molar-refractivity contribution in [3.8, 4) is 11.5 Å². The molecule has 2 rings (SSSR count). The monoisotopic (exact) mass is 428 g/mol. The summed E-state index contributed by atoms with van der Waals surface area (Å²) in [5.74, 6) is 0.0854. The third-order valence-corrected chi connectivity index (χ3v) is 4.13. The van der Waals surface area contributed by atoms with Crippen molar-refractivity contribution >= 4 is 23.5 Å². The molecule has 1 aromatic heterocycles. The number of aromatic nitrogens is 1. The number of carbonyl (C=O) groups is 3. The van der Waals surface area contributed by atoms with Crippen LogP contribution in [0, 0.1) is 6.92 Å². The van der Waals surface area contributed by atoms with Crippen LogP contribution in [0.15, 0.2) is 36.5 Å². The van der Waals surface area contributed by atoms with Gasteiger partial charge in [0.15, 0.2) is 18.1 Å². The maximum absolute atomic E-state index is 12.7. The lowest BCUT2D eigenvalue weighted by atomic mass is 10.1. The average Bonchev–Trinajstić information content (AvgIpc) is 2.70. The fourth-order valence-corrected chi connectivity index (χ4v) is 2.72. The van der Waals surface area contributed by atoms with Crippen LogP contribution in [-0.2, 0) is 9.59 Å². The molecule has 2 N–H and O–H groups in total. The first-order valence-corrected chi connectivity index (χ1v) is 9.77. The van der Waals surface area contributed by atoms with E-state index in [1.165, 1.54) is 25.1 Å². The predicted octanol–water partition coefficient (Wildman–Crippen LogP) is 2.01. The molecule has 1 aromatic carbocycles. The van der Waals surface area contributed by atoms with Gasteiger partial charge in [0.25, 0.3) is 11.8 Å². The van der Waals surface area contributed by atoms with E-state index in [-0.39, 0.29) is 36.9 Å². The summed E-state index contributed by atoms with van der Waals surface area (Å²) in [4.78, 5) is 42.1. The van der Waals surface area contributed by atoms with Crippen LogP contribution >= 0.6 is 0 Å². The quantitative estimate of drug-likeness (QED) is 0.632. The van der Waals surface area contributed by atoms with Gasteiger partial charge in [0, 0.05) is 24.8 Å². The summed E-state index contributed by atoms with van der Waals surface area (Å²) < 4.78 is 10.8. The van der Waals surface area contributed by atoms with E-state index in [2.05, 4.69) is 15.6 Å². The molecule has 0 aliphatic heterocycles.